The van der Waals surface area contributed by atoms with E-state index in [0.29, 0.717) is 0 Å². The van der Waals surface area contributed by atoms with E-state index in [1.54, 1.807) is 0 Å². The largest absolute Gasteiger partial charge is 0.303 e. The predicted molar refractivity (Wildman–Crippen MR) is 40.6 cm³/mol. The Kier molecular flexibility index (Phi) is 1.44. The summed E-state index contributed by atoms with van der Waals surface area (Å²) in [6.07, 6.45) is 1.39. The fourth-order valence-electron chi connectivity index (χ4n) is 2.19. The first-order valence-corrected chi connectivity index (χ1v) is 3.95. The number of hydrogen-bond acceptors (Lipinski definition) is 3. The van der Waals surface area contributed by atoms with Gasteiger partial charge in [-0.1, -0.05) is 0 Å². The third kappa shape index (κ3) is 0.779. The van der Waals surface area contributed by atoms with Crippen LogP contribution in [-0.2, 0) is 0 Å². The number of piperazine rings is 1. The van der Waals surface area contributed by atoms with Gasteiger partial charge in [-0.15, -0.1) is 0 Å². The van der Waals surface area contributed by atoms with Crippen molar-refractivity contribution in [2.45, 2.75) is 18.5 Å². The summed E-state index contributed by atoms with van der Waals surface area (Å²) in [6.45, 7) is 2.47. The molecular formula is C7H15N3. The Morgan fingerprint density at radius 1 is 1.30 bits per heavy atom. The average Bonchev–Trinajstić information content (AvgIpc) is 1.87. The van der Waals surface area contributed by atoms with Crippen LogP contribution < -0.4 is 5.43 Å². The first-order chi connectivity index (χ1) is 4.81. The van der Waals surface area contributed by atoms with Gasteiger partial charge in [0, 0.05) is 25.2 Å². The molecule has 0 radical (unpaired) electrons. The monoisotopic (exact) mass is 141 g/mol. The predicted octanol–water partition coefficient (Wildman–Crippen LogP) is -0.491. The minimum Gasteiger partial charge on any atom is -0.303 e. The highest BCUT2D eigenvalue weighted by Gasteiger charge is 2.42. The molecule has 3 aliphatic rings. The summed E-state index contributed by atoms with van der Waals surface area (Å²) in [5.74, 6) is 0. The highest BCUT2D eigenvalue weighted by Crippen LogP contribution is 2.28. The Morgan fingerprint density at radius 3 is 2.40 bits per heavy atom. The topological polar surface area (TPSA) is 18.5 Å². The number of fused-ring (bicyclic) bond motifs is 2. The first kappa shape index (κ1) is 6.58. The summed E-state index contributed by atoms with van der Waals surface area (Å²) >= 11 is 0. The molecule has 3 heteroatoms. The van der Waals surface area contributed by atoms with Gasteiger partial charge < -0.3 is 4.90 Å². The summed E-state index contributed by atoms with van der Waals surface area (Å²) in [7, 11) is 4.22. The van der Waals surface area contributed by atoms with E-state index in [0.717, 1.165) is 12.1 Å². The number of hydrogen-bond donors (Lipinski definition) is 1. The molecule has 0 aromatic rings. The summed E-state index contributed by atoms with van der Waals surface area (Å²) in [6, 6.07) is 1.57. The van der Waals surface area contributed by atoms with Crippen molar-refractivity contribution < 1.29 is 0 Å². The van der Waals surface area contributed by atoms with Crippen molar-refractivity contribution in [3.63, 3.8) is 0 Å². The average molecular weight is 141 g/mol. The molecule has 3 aliphatic heterocycles. The number of rotatable bonds is 1. The molecule has 3 heterocycles. The zero-order chi connectivity index (χ0) is 7.14. The molecule has 3 rings (SSSR count). The molecule has 0 aromatic carbocycles. The smallest absolute Gasteiger partial charge is 0.0390 e. The van der Waals surface area contributed by atoms with E-state index >= 15 is 0 Å². The third-order valence-electron chi connectivity index (χ3n) is 2.63. The molecule has 0 amide bonds. The number of nitrogens with one attached hydrogen (secondary N) is 1. The maximum absolute atomic E-state index is 3.23. The van der Waals surface area contributed by atoms with Crippen molar-refractivity contribution >= 4 is 0 Å². The van der Waals surface area contributed by atoms with E-state index in [1.165, 1.54) is 19.5 Å². The van der Waals surface area contributed by atoms with Crippen molar-refractivity contribution in [3.05, 3.63) is 0 Å². The van der Waals surface area contributed by atoms with Gasteiger partial charge in [0.05, 0.1) is 0 Å². The zero-order valence-electron chi connectivity index (χ0n) is 6.67. The van der Waals surface area contributed by atoms with Crippen LogP contribution in [0.15, 0.2) is 0 Å². The maximum Gasteiger partial charge on any atom is 0.0390 e. The number of piperidine rings is 1. The minimum atomic E-state index is 0.786. The van der Waals surface area contributed by atoms with Gasteiger partial charge in [-0.3, -0.25) is 5.43 Å². The second-order valence-corrected chi connectivity index (χ2v) is 3.40. The molecule has 1 N–H and O–H groups in total. The highest BCUT2D eigenvalue weighted by atomic mass is 15.6. The Labute approximate surface area is 62.0 Å². The second kappa shape index (κ2) is 2.19. The summed E-state index contributed by atoms with van der Waals surface area (Å²) in [5.41, 5.74) is 3.23. The molecular weight excluding hydrogens is 126 g/mol. The zero-order valence-corrected chi connectivity index (χ0v) is 6.67. The van der Waals surface area contributed by atoms with Crippen LogP contribution in [0.4, 0.5) is 0 Å². The van der Waals surface area contributed by atoms with E-state index in [9.17, 15) is 0 Å². The van der Waals surface area contributed by atoms with Crippen LogP contribution in [0.25, 0.3) is 0 Å². The quantitative estimate of drug-likeness (QED) is 0.531. The van der Waals surface area contributed by atoms with E-state index in [2.05, 4.69) is 22.4 Å². The van der Waals surface area contributed by atoms with Gasteiger partial charge in [0.25, 0.3) is 0 Å². The van der Waals surface area contributed by atoms with Crippen LogP contribution in [0, 0.1) is 0 Å². The van der Waals surface area contributed by atoms with Crippen molar-refractivity contribution in [3.8, 4) is 0 Å². The van der Waals surface area contributed by atoms with E-state index in [1.807, 2.05) is 7.05 Å². The molecule has 10 heavy (non-hydrogen) atoms. The van der Waals surface area contributed by atoms with Gasteiger partial charge in [-0.2, -0.15) is 0 Å². The molecule has 3 fully saturated rings. The van der Waals surface area contributed by atoms with Crippen LogP contribution >= 0.6 is 0 Å². The Balaban J connectivity index is 1.96. The van der Waals surface area contributed by atoms with Gasteiger partial charge in [-0.25, -0.2) is 5.01 Å². The lowest BCUT2D eigenvalue weighted by Gasteiger charge is -2.55. The van der Waals surface area contributed by atoms with Crippen LogP contribution in [0.2, 0.25) is 0 Å². The van der Waals surface area contributed by atoms with Crippen molar-refractivity contribution in [1.82, 2.24) is 15.3 Å². The molecule has 0 aromatic heterocycles. The fourth-order valence-corrected chi connectivity index (χ4v) is 2.19. The second-order valence-electron chi connectivity index (χ2n) is 3.40. The van der Waals surface area contributed by atoms with Crippen molar-refractivity contribution in [2.24, 2.45) is 0 Å². The van der Waals surface area contributed by atoms with Crippen LogP contribution in [0.3, 0.4) is 0 Å². The van der Waals surface area contributed by atoms with Crippen molar-refractivity contribution in [1.29, 1.82) is 0 Å². The van der Waals surface area contributed by atoms with Gasteiger partial charge in [-0.05, 0) is 20.5 Å². The fraction of sp³-hybridized carbons (Fsp3) is 1.00. The standard InChI is InChI=1S/C7H15N3/c1-8-10-6-3-7(10)5-9(2)4-6/h6-8H,3-5H2,1-2H3. The number of hydrazine groups is 1. The molecule has 2 bridgehead atoms. The lowest BCUT2D eigenvalue weighted by Crippen LogP contribution is -2.71. The minimum absolute atomic E-state index is 0.786. The first-order valence-electron chi connectivity index (χ1n) is 3.95. The van der Waals surface area contributed by atoms with E-state index in [-0.39, 0.29) is 0 Å². The molecule has 0 saturated carbocycles. The normalized spacial score (nSPS) is 41.4. The molecule has 2 atom stereocenters. The van der Waals surface area contributed by atoms with Gasteiger partial charge in [0.1, 0.15) is 0 Å². The summed E-state index contributed by atoms with van der Waals surface area (Å²) in [4.78, 5) is 2.41. The van der Waals surface area contributed by atoms with Gasteiger partial charge >= 0.3 is 0 Å². The molecule has 0 spiro atoms. The number of likely N-dealkylation sites (N-methyl/N-ethyl adjacent to an activating group) is 1. The van der Waals surface area contributed by atoms with Crippen LogP contribution in [0.1, 0.15) is 6.42 Å². The summed E-state index contributed by atoms with van der Waals surface area (Å²) < 4.78 is 0. The Morgan fingerprint density at radius 2 is 1.90 bits per heavy atom. The molecule has 0 aliphatic carbocycles. The lowest BCUT2D eigenvalue weighted by molar-refractivity contribution is -0.0909. The SMILES string of the molecule is CNN1C2CC1CN(C)C2. The van der Waals surface area contributed by atoms with Gasteiger partial charge in [0.15, 0.2) is 0 Å². The molecule has 2 unspecified atom stereocenters. The van der Waals surface area contributed by atoms with Crippen LogP contribution in [0.5, 0.6) is 0 Å². The summed E-state index contributed by atoms with van der Waals surface area (Å²) in [5, 5.41) is 2.38. The highest BCUT2D eigenvalue weighted by molar-refractivity contribution is 4.97. The Bertz CT molecular complexity index is 125. The van der Waals surface area contributed by atoms with Crippen LogP contribution in [-0.4, -0.2) is 49.2 Å². The van der Waals surface area contributed by atoms with E-state index in [4.69, 9.17) is 0 Å². The maximum atomic E-state index is 3.23. The lowest BCUT2D eigenvalue weighted by atomic mass is 9.90. The Hall–Kier alpha value is -0.120. The third-order valence-corrected chi connectivity index (χ3v) is 2.63. The van der Waals surface area contributed by atoms with Gasteiger partial charge in [0.2, 0.25) is 0 Å². The molecule has 3 nitrogen and oxygen atoms in total. The number of nitrogens with zero attached hydrogens (tertiary/aromatic N) is 2. The van der Waals surface area contributed by atoms with Crippen molar-refractivity contribution in [2.75, 3.05) is 27.2 Å². The molecule has 3 saturated heterocycles. The van der Waals surface area contributed by atoms with E-state index < -0.39 is 0 Å². The molecule has 58 valence electrons.